The summed E-state index contributed by atoms with van der Waals surface area (Å²) >= 11 is 0. The van der Waals surface area contributed by atoms with Gasteiger partial charge in [0.05, 0.1) is 0 Å². The van der Waals surface area contributed by atoms with E-state index in [1.54, 1.807) is 24.3 Å². The number of aromatic nitrogens is 2. The number of hydrogen-bond donors (Lipinski definition) is 2. The average molecular weight is 336 g/mol. The molecule has 0 aliphatic rings. The number of nitrogens with one attached hydrogen (secondary N) is 2. The van der Waals surface area contributed by atoms with Crippen molar-refractivity contribution in [1.82, 2.24) is 10.3 Å². The maximum absolute atomic E-state index is 12.4. The minimum atomic E-state index is -0.361. The second kappa shape index (κ2) is 6.96. The van der Waals surface area contributed by atoms with Crippen LogP contribution in [-0.2, 0) is 0 Å². The van der Waals surface area contributed by atoms with Crippen LogP contribution in [0.3, 0.4) is 0 Å². The SMILES string of the molecule is Cc1ccccc1C(=O)Nc1nonc1NC(=O)c1ccccc1C. The van der Waals surface area contributed by atoms with Gasteiger partial charge in [0.15, 0.2) is 0 Å². The van der Waals surface area contributed by atoms with E-state index in [-0.39, 0.29) is 23.5 Å². The number of hydrogen-bond acceptors (Lipinski definition) is 5. The zero-order chi connectivity index (χ0) is 17.8. The molecule has 0 atom stereocenters. The Kier molecular flexibility index (Phi) is 4.56. The highest BCUT2D eigenvalue weighted by Gasteiger charge is 2.18. The molecule has 0 spiro atoms. The van der Waals surface area contributed by atoms with Crippen molar-refractivity contribution in [2.75, 3.05) is 10.6 Å². The molecule has 0 radical (unpaired) electrons. The van der Waals surface area contributed by atoms with Crippen LogP contribution in [0.15, 0.2) is 53.2 Å². The van der Waals surface area contributed by atoms with Gasteiger partial charge in [-0.3, -0.25) is 9.59 Å². The van der Waals surface area contributed by atoms with E-state index in [9.17, 15) is 9.59 Å². The first-order valence-corrected chi connectivity index (χ1v) is 7.63. The van der Waals surface area contributed by atoms with Gasteiger partial charge in [-0.15, -0.1) is 0 Å². The third kappa shape index (κ3) is 3.55. The van der Waals surface area contributed by atoms with Gasteiger partial charge in [-0.2, -0.15) is 0 Å². The number of aryl methyl sites for hydroxylation is 2. The fraction of sp³-hybridized carbons (Fsp3) is 0.111. The molecule has 2 aromatic carbocycles. The van der Waals surface area contributed by atoms with E-state index < -0.39 is 0 Å². The van der Waals surface area contributed by atoms with Crippen molar-refractivity contribution in [3.05, 3.63) is 70.8 Å². The topological polar surface area (TPSA) is 97.1 Å². The minimum absolute atomic E-state index is 0.0511. The highest BCUT2D eigenvalue weighted by molar-refractivity contribution is 6.09. The number of carbonyl (C=O) groups excluding carboxylic acids is 2. The Hall–Kier alpha value is -3.48. The molecular formula is C18H16N4O3. The summed E-state index contributed by atoms with van der Waals surface area (Å²) in [6, 6.07) is 14.3. The summed E-state index contributed by atoms with van der Waals surface area (Å²) in [6.45, 7) is 3.66. The lowest BCUT2D eigenvalue weighted by atomic mass is 10.1. The molecule has 1 aromatic heterocycles. The van der Waals surface area contributed by atoms with Gasteiger partial charge in [0.25, 0.3) is 11.8 Å². The molecule has 0 fully saturated rings. The molecule has 0 bridgehead atoms. The molecule has 1 heterocycles. The fourth-order valence-electron chi connectivity index (χ4n) is 2.36. The summed E-state index contributed by atoms with van der Waals surface area (Å²) in [5, 5.41) is 12.5. The van der Waals surface area contributed by atoms with Gasteiger partial charge < -0.3 is 10.6 Å². The van der Waals surface area contributed by atoms with Gasteiger partial charge in [0.2, 0.25) is 11.6 Å². The van der Waals surface area contributed by atoms with Crippen LogP contribution in [0, 0.1) is 13.8 Å². The summed E-state index contributed by atoms with van der Waals surface area (Å²) < 4.78 is 4.65. The van der Waals surface area contributed by atoms with Crippen LogP contribution in [0.1, 0.15) is 31.8 Å². The third-order valence-corrected chi connectivity index (χ3v) is 3.73. The van der Waals surface area contributed by atoms with Crippen molar-refractivity contribution < 1.29 is 14.2 Å². The molecule has 0 saturated carbocycles. The lowest BCUT2D eigenvalue weighted by Crippen LogP contribution is -2.18. The molecule has 126 valence electrons. The van der Waals surface area contributed by atoms with Crippen LogP contribution in [0.2, 0.25) is 0 Å². The Bertz CT molecular complexity index is 859. The van der Waals surface area contributed by atoms with Gasteiger partial charge in [-0.05, 0) is 47.4 Å². The Balaban J connectivity index is 1.77. The van der Waals surface area contributed by atoms with E-state index in [0.717, 1.165) is 11.1 Å². The number of anilines is 2. The summed E-state index contributed by atoms with van der Waals surface area (Å²) in [5.74, 6) is -0.620. The zero-order valence-corrected chi connectivity index (χ0v) is 13.7. The molecule has 25 heavy (non-hydrogen) atoms. The molecule has 0 aliphatic carbocycles. The van der Waals surface area contributed by atoms with Gasteiger partial charge in [-0.25, -0.2) is 4.63 Å². The number of benzene rings is 2. The van der Waals surface area contributed by atoms with Gasteiger partial charge in [-0.1, -0.05) is 36.4 Å². The molecular weight excluding hydrogens is 320 g/mol. The minimum Gasteiger partial charge on any atom is -0.300 e. The first-order chi connectivity index (χ1) is 12.1. The van der Waals surface area contributed by atoms with Crippen LogP contribution < -0.4 is 10.6 Å². The number of amides is 2. The maximum atomic E-state index is 12.4. The van der Waals surface area contributed by atoms with Crippen LogP contribution in [-0.4, -0.2) is 22.1 Å². The molecule has 0 unspecified atom stereocenters. The lowest BCUT2D eigenvalue weighted by molar-refractivity contribution is 0.101. The molecule has 7 heteroatoms. The van der Waals surface area contributed by atoms with Crippen molar-refractivity contribution in [1.29, 1.82) is 0 Å². The standard InChI is InChI=1S/C18H16N4O3/c1-11-7-3-5-9-13(11)17(23)19-15-16(22-25-21-15)20-18(24)14-10-6-4-8-12(14)2/h3-10H,1-2H3,(H,19,21,23)(H,20,22,24). The van der Waals surface area contributed by atoms with E-state index >= 15 is 0 Å². The Labute approximate surface area is 144 Å². The van der Waals surface area contributed by atoms with Crippen molar-refractivity contribution in [3.8, 4) is 0 Å². The second-order valence-electron chi connectivity index (χ2n) is 5.50. The Morgan fingerprint density at radius 2 is 1.16 bits per heavy atom. The molecule has 3 rings (SSSR count). The van der Waals surface area contributed by atoms with Crippen molar-refractivity contribution in [2.24, 2.45) is 0 Å². The molecule has 2 N–H and O–H groups in total. The maximum Gasteiger partial charge on any atom is 0.257 e. The molecule has 3 aromatic rings. The first kappa shape index (κ1) is 16.4. The van der Waals surface area contributed by atoms with Crippen LogP contribution in [0.25, 0.3) is 0 Å². The predicted molar refractivity (Wildman–Crippen MR) is 92.6 cm³/mol. The van der Waals surface area contributed by atoms with Crippen LogP contribution >= 0.6 is 0 Å². The predicted octanol–water partition coefficient (Wildman–Crippen LogP) is 3.19. The largest absolute Gasteiger partial charge is 0.300 e. The highest BCUT2D eigenvalue weighted by Crippen LogP contribution is 2.19. The fourth-order valence-corrected chi connectivity index (χ4v) is 2.36. The summed E-state index contributed by atoms with van der Waals surface area (Å²) in [4.78, 5) is 24.7. The van der Waals surface area contributed by atoms with Crippen molar-refractivity contribution >= 4 is 23.5 Å². The van der Waals surface area contributed by atoms with Gasteiger partial charge in [0.1, 0.15) is 0 Å². The quantitative estimate of drug-likeness (QED) is 0.762. The molecule has 2 amide bonds. The molecule has 7 nitrogen and oxygen atoms in total. The lowest BCUT2D eigenvalue weighted by Gasteiger charge is -2.07. The van der Waals surface area contributed by atoms with Crippen molar-refractivity contribution in [3.63, 3.8) is 0 Å². The Morgan fingerprint density at radius 1 is 0.760 bits per heavy atom. The van der Waals surface area contributed by atoms with E-state index in [1.807, 2.05) is 38.1 Å². The average Bonchev–Trinajstić information content (AvgIpc) is 3.02. The number of carbonyl (C=O) groups is 2. The number of rotatable bonds is 4. The third-order valence-electron chi connectivity index (χ3n) is 3.73. The van der Waals surface area contributed by atoms with E-state index in [1.165, 1.54) is 0 Å². The molecule has 0 saturated heterocycles. The normalized spacial score (nSPS) is 10.3. The smallest absolute Gasteiger partial charge is 0.257 e. The van der Waals surface area contributed by atoms with Crippen molar-refractivity contribution in [2.45, 2.75) is 13.8 Å². The summed E-state index contributed by atoms with van der Waals surface area (Å²) in [6.07, 6.45) is 0. The Morgan fingerprint density at radius 3 is 1.56 bits per heavy atom. The van der Waals surface area contributed by atoms with E-state index in [0.29, 0.717) is 11.1 Å². The van der Waals surface area contributed by atoms with Crippen LogP contribution in [0.5, 0.6) is 0 Å². The van der Waals surface area contributed by atoms with E-state index in [4.69, 9.17) is 0 Å². The number of nitrogens with zero attached hydrogens (tertiary/aromatic N) is 2. The summed E-state index contributed by atoms with van der Waals surface area (Å²) in [5.41, 5.74) is 2.65. The van der Waals surface area contributed by atoms with E-state index in [2.05, 4.69) is 25.6 Å². The monoisotopic (exact) mass is 336 g/mol. The van der Waals surface area contributed by atoms with Gasteiger partial charge >= 0.3 is 0 Å². The highest BCUT2D eigenvalue weighted by atomic mass is 16.6. The summed E-state index contributed by atoms with van der Waals surface area (Å²) in [7, 11) is 0. The van der Waals surface area contributed by atoms with Gasteiger partial charge in [0, 0.05) is 11.1 Å². The van der Waals surface area contributed by atoms with Crippen LogP contribution in [0.4, 0.5) is 11.6 Å². The second-order valence-corrected chi connectivity index (χ2v) is 5.50. The first-order valence-electron chi connectivity index (χ1n) is 7.63. The zero-order valence-electron chi connectivity index (χ0n) is 13.7. The molecule has 0 aliphatic heterocycles.